The van der Waals surface area contributed by atoms with Crippen molar-refractivity contribution >= 4 is 11.6 Å². The van der Waals surface area contributed by atoms with Gasteiger partial charge in [0, 0.05) is 18.8 Å². The first-order valence-electron chi connectivity index (χ1n) is 8.52. The molecule has 0 saturated heterocycles. The molecule has 2 aromatic heterocycles. The highest BCUT2D eigenvalue weighted by atomic mass is 16.4. The Labute approximate surface area is 147 Å². The third kappa shape index (κ3) is 3.88. The topological polar surface area (TPSA) is 57.8 Å². The van der Waals surface area contributed by atoms with Crippen LogP contribution < -0.4 is 0 Å². The molecule has 0 saturated carbocycles. The van der Waals surface area contributed by atoms with Gasteiger partial charge in [0.1, 0.15) is 5.65 Å². The number of aryl methyl sites for hydroxylation is 1. The van der Waals surface area contributed by atoms with E-state index in [0.29, 0.717) is 12.2 Å². The monoisotopic (exact) mass is 337 g/mol. The van der Waals surface area contributed by atoms with Crippen LogP contribution in [-0.4, -0.2) is 31.9 Å². The molecule has 25 heavy (non-hydrogen) atoms. The van der Waals surface area contributed by atoms with Crippen molar-refractivity contribution in [2.75, 3.05) is 6.54 Å². The van der Waals surface area contributed by atoms with Gasteiger partial charge in [0.05, 0.1) is 17.8 Å². The van der Waals surface area contributed by atoms with E-state index in [1.54, 1.807) is 0 Å². The number of imidazole rings is 1. The lowest BCUT2D eigenvalue weighted by molar-refractivity contribution is -0.136. The van der Waals surface area contributed by atoms with Crippen LogP contribution >= 0.6 is 0 Å². The standard InChI is InChI=1S/C20H23N3O2/c1-3-22(13-16-9-5-4-6-10-16)14-18-17(12-20(24)25)21-19-11-7-8-15(2)23(18)19/h4-11H,3,12-14H2,1-2H3,(H,24,25). The maximum atomic E-state index is 11.3. The third-order valence-corrected chi connectivity index (χ3v) is 4.41. The van der Waals surface area contributed by atoms with Crippen molar-refractivity contribution in [2.45, 2.75) is 33.4 Å². The van der Waals surface area contributed by atoms with E-state index in [1.165, 1.54) is 5.56 Å². The molecule has 130 valence electrons. The Bertz CT molecular complexity index is 871. The Morgan fingerprint density at radius 2 is 1.88 bits per heavy atom. The lowest BCUT2D eigenvalue weighted by Crippen LogP contribution is -2.24. The molecule has 5 nitrogen and oxygen atoms in total. The second-order valence-corrected chi connectivity index (χ2v) is 6.23. The summed E-state index contributed by atoms with van der Waals surface area (Å²) in [6.07, 6.45) is -0.0562. The van der Waals surface area contributed by atoms with Crippen molar-refractivity contribution in [1.82, 2.24) is 14.3 Å². The number of pyridine rings is 1. The second kappa shape index (κ2) is 7.49. The molecule has 2 heterocycles. The lowest BCUT2D eigenvalue weighted by atomic mass is 10.2. The highest BCUT2D eigenvalue weighted by Gasteiger charge is 2.18. The Kier molecular flexibility index (Phi) is 5.14. The minimum absolute atomic E-state index is 0.0562. The summed E-state index contributed by atoms with van der Waals surface area (Å²) >= 11 is 0. The van der Waals surface area contributed by atoms with Gasteiger partial charge >= 0.3 is 5.97 Å². The molecule has 0 aliphatic heterocycles. The van der Waals surface area contributed by atoms with Crippen LogP contribution in [0.5, 0.6) is 0 Å². The normalized spacial score (nSPS) is 11.3. The summed E-state index contributed by atoms with van der Waals surface area (Å²) < 4.78 is 2.08. The van der Waals surface area contributed by atoms with E-state index in [1.807, 2.05) is 43.3 Å². The van der Waals surface area contributed by atoms with Gasteiger partial charge < -0.3 is 5.11 Å². The van der Waals surface area contributed by atoms with Gasteiger partial charge in [-0.3, -0.25) is 14.1 Å². The molecule has 0 unspecified atom stereocenters. The first-order chi connectivity index (χ1) is 12.1. The van der Waals surface area contributed by atoms with E-state index in [2.05, 4.69) is 33.3 Å². The first-order valence-corrected chi connectivity index (χ1v) is 8.52. The van der Waals surface area contributed by atoms with Crippen molar-refractivity contribution in [3.05, 3.63) is 71.2 Å². The van der Waals surface area contributed by atoms with E-state index < -0.39 is 5.97 Å². The highest BCUT2D eigenvalue weighted by Crippen LogP contribution is 2.19. The number of rotatable bonds is 7. The summed E-state index contributed by atoms with van der Waals surface area (Å²) in [5.74, 6) is -0.853. The SMILES string of the molecule is CCN(Cc1ccccc1)Cc1c(CC(=O)O)nc2cccc(C)n12. The summed E-state index contributed by atoms with van der Waals surface area (Å²) in [7, 11) is 0. The van der Waals surface area contributed by atoms with Crippen LogP contribution in [0, 0.1) is 6.92 Å². The van der Waals surface area contributed by atoms with Gasteiger partial charge in [-0.2, -0.15) is 0 Å². The molecule has 0 radical (unpaired) electrons. The fourth-order valence-electron chi connectivity index (χ4n) is 3.15. The summed E-state index contributed by atoms with van der Waals surface area (Å²) in [5, 5.41) is 9.25. The van der Waals surface area contributed by atoms with Gasteiger partial charge in [-0.15, -0.1) is 0 Å². The maximum Gasteiger partial charge on any atom is 0.309 e. The number of hydrogen-bond acceptors (Lipinski definition) is 3. The molecule has 0 aliphatic rings. The molecule has 3 aromatic rings. The van der Waals surface area contributed by atoms with Gasteiger partial charge in [-0.1, -0.05) is 43.3 Å². The zero-order valence-electron chi connectivity index (χ0n) is 14.6. The number of carboxylic acid groups (broad SMARTS) is 1. The summed E-state index contributed by atoms with van der Waals surface area (Å²) in [4.78, 5) is 18.1. The molecule has 3 rings (SSSR count). The zero-order chi connectivity index (χ0) is 17.8. The van der Waals surface area contributed by atoms with Crippen LogP contribution in [0.2, 0.25) is 0 Å². The van der Waals surface area contributed by atoms with Crippen LogP contribution in [0.4, 0.5) is 0 Å². The zero-order valence-corrected chi connectivity index (χ0v) is 14.6. The van der Waals surface area contributed by atoms with Gasteiger partial charge in [0.2, 0.25) is 0 Å². The predicted molar refractivity (Wildman–Crippen MR) is 97.5 cm³/mol. The quantitative estimate of drug-likeness (QED) is 0.719. The number of aromatic nitrogens is 2. The number of nitrogens with zero attached hydrogens (tertiary/aromatic N) is 3. The Hall–Kier alpha value is -2.66. The summed E-state index contributed by atoms with van der Waals surface area (Å²) in [6.45, 7) is 6.51. The molecule has 0 amide bonds. The van der Waals surface area contributed by atoms with Crippen LogP contribution in [-0.2, 0) is 24.3 Å². The minimum Gasteiger partial charge on any atom is -0.481 e. The molecule has 1 aromatic carbocycles. The van der Waals surface area contributed by atoms with Crippen molar-refractivity contribution < 1.29 is 9.90 Å². The van der Waals surface area contributed by atoms with Gasteiger partial charge in [0.25, 0.3) is 0 Å². The van der Waals surface area contributed by atoms with Crippen LogP contribution in [0.15, 0.2) is 48.5 Å². The lowest BCUT2D eigenvalue weighted by Gasteiger charge is -2.21. The molecule has 5 heteroatoms. The van der Waals surface area contributed by atoms with Gasteiger partial charge in [-0.25, -0.2) is 4.98 Å². The average molecular weight is 337 g/mol. The smallest absolute Gasteiger partial charge is 0.309 e. The van der Waals surface area contributed by atoms with Crippen molar-refractivity contribution in [1.29, 1.82) is 0 Å². The fourth-order valence-corrected chi connectivity index (χ4v) is 3.15. The summed E-state index contributed by atoms with van der Waals surface area (Å²) in [5.41, 5.74) is 4.73. The largest absolute Gasteiger partial charge is 0.481 e. The Balaban J connectivity index is 1.96. The Morgan fingerprint density at radius 1 is 1.12 bits per heavy atom. The van der Waals surface area contributed by atoms with Gasteiger partial charge in [0.15, 0.2) is 0 Å². The van der Waals surface area contributed by atoms with Crippen LogP contribution in [0.1, 0.15) is 29.6 Å². The molecule has 0 atom stereocenters. The van der Waals surface area contributed by atoms with E-state index in [-0.39, 0.29) is 6.42 Å². The Morgan fingerprint density at radius 3 is 2.56 bits per heavy atom. The molecule has 0 spiro atoms. The third-order valence-electron chi connectivity index (χ3n) is 4.41. The van der Waals surface area contributed by atoms with E-state index in [0.717, 1.165) is 30.1 Å². The maximum absolute atomic E-state index is 11.3. The summed E-state index contributed by atoms with van der Waals surface area (Å²) in [6, 6.07) is 16.2. The number of aliphatic carboxylic acids is 1. The molecular weight excluding hydrogens is 314 g/mol. The molecule has 0 aliphatic carbocycles. The fraction of sp³-hybridized carbons (Fsp3) is 0.300. The van der Waals surface area contributed by atoms with E-state index in [4.69, 9.17) is 0 Å². The number of carboxylic acids is 1. The molecule has 0 bridgehead atoms. The number of carbonyl (C=O) groups is 1. The number of hydrogen-bond donors (Lipinski definition) is 1. The number of fused-ring (bicyclic) bond motifs is 1. The second-order valence-electron chi connectivity index (χ2n) is 6.23. The van der Waals surface area contributed by atoms with Crippen molar-refractivity contribution in [2.24, 2.45) is 0 Å². The minimum atomic E-state index is -0.853. The predicted octanol–water partition coefficient (Wildman–Crippen LogP) is 3.29. The van der Waals surface area contributed by atoms with E-state index in [9.17, 15) is 9.90 Å². The van der Waals surface area contributed by atoms with Crippen molar-refractivity contribution in [3.63, 3.8) is 0 Å². The highest BCUT2D eigenvalue weighted by molar-refractivity contribution is 5.70. The van der Waals surface area contributed by atoms with Crippen LogP contribution in [0.25, 0.3) is 5.65 Å². The molecule has 0 fully saturated rings. The van der Waals surface area contributed by atoms with Gasteiger partial charge in [-0.05, 0) is 31.2 Å². The van der Waals surface area contributed by atoms with E-state index >= 15 is 0 Å². The molecule has 1 N–H and O–H groups in total. The first kappa shape index (κ1) is 17.2. The van der Waals surface area contributed by atoms with Crippen LogP contribution in [0.3, 0.4) is 0 Å². The average Bonchev–Trinajstić information content (AvgIpc) is 2.93. The van der Waals surface area contributed by atoms with Crippen molar-refractivity contribution in [3.8, 4) is 0 Å². The molecular formula is C20H23N3O2. The number of benzene rings is 1.